The van der Waals surface area contributed by atoms with Crippen molar-refractivity contribution in [1.29, 1.82) is 0 Å². The number of ether oxygens (including phenoxy) is 1. The van der Waals surface area contributed by atoms with Crippen LogP contribution in [0.2, 0.25) is 5.15 Å². The van der Waals surface area contributed by atoms with Crippen LogP contribution in [0.1, 0.15) is 71.7 Å². The fourth-order valence-corrected chi connectivity index (χ4v) is 5.16. The standard InChI is InChI=1S/C21H32ClN3O3S/c1-19(2,3)28-18(26)25-11-9-21(10-12-25)13-15-14(7-8-16(22)23-15)17(21)24-29(27)20(4,5)6/h7-8,17,24H,9-13H2,1-6H3/t17-,29?/m1/s1. The van der Waals surface area contributed by atoms with Gasteiger partial charge in [0.05, 0.1) is 6.04 Å². The maximum Gasteiger partial charge on any atom is 0.410 e. The van der Waals surface area contributed by atoms with Crippen LogP contribution in [0.3, 0.4) is 0 Å². The number of fused-ring (bicyclic) bond motifs is 1. The monoisotopic (exact) mass is 441 g/mol. The maximum absolute atomic E-state index is 12.9. The molecule has 1 saturated heterocycles. The van der Waals surface area contributed by atoms with Crippen LogP contribution in [0, 0.1) is 5.41 Å². The summed E-state index contributed by atoms with van der Waals surface area (Å²) in [4.78, 5) is 18.8. The van der Waals surface area contributed by atoms with Crippen LogP contribution >= 0.6 is 11.6 Å². The molecule has 1 spiro atoms. The van der Waals surface area contributed by atoms with E-state index in [9.17, 15) is 9.35 Å². The number of amides is 1. The van der Waals surface area contributed by atoms with Crippen molar-refractivity contribution in [2.75, 3.05) is 13.1 Å². The first-order valence-corrected chi connectivity index (χ1v) is 11.6. The summed E-state index contributed by atoms with van der Waals surface area (Å²) >= 11 is 4.93. The average molecular weight is 442 g/mol. The van der Waals surface area contributed by atoms with Crippen molar-refractivity contribution in [2.24, 2.45) is 5.41 Å². The zero-order chi connectivity index (χ0) is 21.6. The number of carbonyl (C=O) groups is 1. The summed E-state index contributed by atoms with van der Waals surface area (Å²) in [6.07, 6.45) is 2.08. The summed E-state index contributed by atoms with van der Waals surface area (Å²) in [6.45, 7) is 12.7. The predicted octanol–water partition coefficient (Wildman–Crippen LogP) is 4.40. The number of halogens is 1. The van der Waals surface area contributed by atoms with Gasteiger partial charge in [-0.2, -0.15) is 0 Å². The molecule has 0 radical (unpaired) electrons. The molecule has 1 aromatic rings. The zero-order valence-corrected chi connectivity index (χ0v) is 19.7. The Morgan fingerprint density at radius 3 is 2.45 bits per heavy atom. The van der Waals surface area contributed by atoms with E-state index >= 15 is 0 Å². The van der Waals surface area contributed by atoms with Gasteiger partial charge >= 0.3 is 6.09 Å². The highest BCUT2D eigenvalue weighted by atomic mass is 35.5. The van der Waals surface area contributed by atoms with Crippen molar-refractivity contribution < 1.29 is 14.1 Å². The lowest BCUT2D eigenvalue weighted by Gasteiger charge is -2.43. The Balaban J connectivity index is 1.81. The zero-order valence-electron chi connectivity index (χ0n) is 18.2. The second-order valence-electron chi connectivity index (χ2n) is 10.1. The van der Waals surface area contributed by atoms with E-state index in [1.54, 1.807) is 11.0 Å². The maximum atomic E-state index is 12.9. The van der Waals surface area contributed by atoms with Gasteiger partial charge in [-0.1, -0.05) is 17.7 Å². The van der Waals surface area contributed by atoms with E-state index in [1.165, 1.54) is 0 Å². The molecule has 1 aromatic heterocycles. The van der Waals surface area contributed by atoms with E-state index in [4.69, 9.17) is 16.3 Å². The van der Waals surface area contributed by atoms with Gasteiger partial charge in [0.1, 0.15) is 15.5 Å². The highest BCUT2D eigenvalue weighted by Gasteiger charge is 2.51. The second kappa shape index (κ2) is 7.91. The van der Waals surface area contributed by atoms with E-state index in [2.05, 4.69) is 9.71 Å². The molecule has 0 bridgehead atoms. The summed E-state index contributed by atoms with van der Waals surface area (Å²) in [5.41, 5.74) is 1.38. The Bertz CT molecular complexity index is 767. The molecular weight excluding hydrogens is 410 g/mol. The molecule has 2 heterocycles. The van der Waals surface area contributed by atoms with Crippen LogP contribution in [0.4, 0.5) is 4.79 Å². The molecule has 1 fully saturated rings. The number of carbonyl (C=O) groups excluding carboxylic acids is 1. The SMILES string of the molecule is CC(C)(C)OC(=O)N1CCC2(CC1)Cc1nc(Cl)ccc1[C@H]2N[S+]([O-])C(C)(C)C. The van der Waals surface area contributed by atoms with Crippen molar-refractivity contribution in [3.05, 3.63) is 28.5 Å². The number of nitrogens with one attached hydrogen (secondary N) is 1. The molecule has 2 aliphatic rings. The molecule has 1 unspecified atom stereocenters. The van der Waals surface area contributed by atoms with Gasteiger partial charge in [-0.3, -0.25) is 0 Å². The molecular formula is C21H32ClN3O3S. The van der Waals surface area contributed by atoms with Gasteiger partial charge in [-0.05, 0) is 72.4 Å². The lowest BCUT2D eigenvalue weighted by atomic mass is 9.73. The number of hydrogen-bond acceptors (Lipinski definition) is 5. The first kappa shape index (κ1) is 22.7. The van der Waals surface area contributed by atoms with Crippen LogP contribution in [0.15, 0.2) is 12.1 Å². The largest absolute Gasteiger partial charge is 0.598 e. The van der Waals surface area contributed by atoms with Gasteiger partial charge in [0.2, 0.25) is 0 Å². The average Bonchev–Trinajstić information content (AvgIpc) is 2.85. The molecule has 1 amide bonds. The minimum absolute atomic E-state index is 0.0805. The van der Waals surface area contributed by atoms with E-state index in [1.807, 2.05) is 47.6 Å². The molecule has 0 aromatic carbocycles. The number of aromatic nitrogens is 1. The predicted molar refractivity (Wildman–Crippen MR) is 116 cm³/mol. The minimum atomic E-state index is -1.21. The lowest BCUT2D eigenvalue weighted by molar-refractivity contribution is 0.00711. The number of rotatable bonds is 2. The Kier molecular flexibility index (Phi) is 6.18. The molecule has 8 heteroatoms. The van der Waals surface area contributed by atoms with Gasteiger partial charge < -0.3 is 14.2 Å². The normalized spacial score (nSPS) is 22.5. The molecule has 1 aliphatic heterocycles. The Labute approximate surface area is 182 Å². The third-order valence-electron chi connectivity index (χ3n) is 5.61. The molecule has 162 valence electrons. The molecule has 2 atom stereocenters. The Morgan fingerprint density at radius 2 is 1.90 bits per heavy atom. The fraction of sp³-hybridized carbons (Fsp3) is 0.714. The van der Waals surface area contributed by atoms with Crippen LogP contribution in [0.25, 0.3) is 0 Å². The summed E-state index contributed by atoms with van der Waals surface area (Å²) in [6, 6.07) is 3.71. The van der Waals surface area contributed by atoms with Crippen molar-refractivity contribution in [3.8, 4) is 0 Å². The Morgan fingerprint density at radius 1 is 1.28 bits per heavy atom. The fourth-order valence-electron chi connectivity index (χ4n) is 4.05. The van der Waals surface area contributed by atoms with Crippen molar-refractivity contribution >= 4 is 29.1 Å². The van der Waals surface area contributed by atoms with E-state index in [0.29, 0.717) is 18.2 Å². The number of pyridine rings is 1. The van der Waals surface area contributed by atoms with Crippen LogP contribution in [-0.2, 0) is 22.5 Å². The molecule has 1 aliphatic carbocycles. The highest BCUT2D eigenvalue weighted by molar-refractivity contribution is 7.90. The number of likely N-dealkylation sites (tertiary alicyclic amines) is 1. The number of piperidine rings is 1. The highest BCUT2D eigenvalue weighted by Crippen LogP contribution is 2.52. The van der Waals surface area contributed by atoms with Gasteiger partial charge in [0.25, 0.3) is 0 Å². The van der Waals surface area contributed by atoms with Crippen molar-refractivity contribution in [1.82, 2.24) is 14.6 Å². The summed E-state index contributed by atoms with van der Waals surface area (Å²) in [7, 11) is 0. The first-order chi connectivity index (χ1) is 13.3. The Hall–Kier alpha value is -1.02. The van der Waals surface area contributed by atoms with E-state index < -0.39 is 17.0 Å². The van der Waals surface area contributed by atoms with Gasteiger partial charge in [-0.25, -0.2) is 9.78 Å². The van der Waals surface area contributed by atoms with Crippen LogP contribution in [-0.4, -0.2) is 44.0 Å². The number of nitrogens with zero attached hydrogens (tertiary/aromatic N) is 2. The van der Waals surface area contributed by atoms with Crippen molar-refractivity contribution in [3.63, 3.8) is 0 Å². The quantitative estimate of drug-likeness (QED) is 0.543. The third-order valence-corrected chi connectivity index (χ3v) is 7.38. The molecule has 6 nitrogen and oxygen atoms in total. The third kappa shape index (κ3) is 5.01. The first-order valence-electron chi connectivity index (χ1n) is 10.1. The topological polar surface area (TPSA) is 77.5 Å². The summed E-state index contributed by atoms with van der Waals surface area (Å²) < 4.78 is 21.5. The summed E-state index contributed by atoms with van der Waals surface area (Å²) in [5.74, 6) is 0. The minimum Gasteiger partial charge on any atom is -0.598 e. The molecule has 0 saturated carbocycles. The van der Waals surface area contributed by atoms with Crippen LogP contribution < -0.4 is 4.72 Å². The number of hydrogen-bond donors (Lipinski definition) is 1. The lowest BCUT2D eigenvalue weighted by Crippen LogP contribution is -2.51. The molecule has 29 heavy (non-hydrogen) atoms. The van der Waals surface area contributed by atoms with Crippen molar-refractivity contribution in [2.45, 2.75) is 77.2 Å². The van der Waals surface area contributed by atoms with E-state index in [-0.39, 0.29) is 22.3 Å². The van der Waals surface area contributed by atoms with Gasteiger partial charge in [-0.15, -0.1) is 4.72 Å². The molecule has 3 rings (SSSR count). The second-order valence-corrected chi connectivity index (χ2v) is 12.5. The van der Waals surface area contributed by atoms with Gasteiger partial charge in [0.15, 0.2) is 0 Å². The van der Waals surface area contributed by atoms with Crippen LogP contribution in [0.5, 0.6) is 0 Å². The smallest absolute Gasteiger partial charge is 0.410 e. The summed E-state index contributed by atoms with van der Waals surface area (Å²) in [5, 5.41) is 0.475. The van der Waals surface area contributed by atoms with E-state index in [0.717, 1.165) is 30.5 Å². The van der Waals surface area contributed by atoms with Gasteiger partial charge in [0, 0.05) is 35.6 Å². The molecule has 1 N–H and O–H groups in total.